The van der Waals surface area contributed by atoms with Crippen LogP contribution in [0, 0.1) is 6.92 Å². The molecule has 2 unspecified atom stereocenters. The highest BCUT2D eigenvalue weighted by Gasteiger charge is 2.26. The first kappa shape index (κ1) is 21.5. The standard InChI is InChI=1S/C23H37N5O/c1-4-20(28-15-6-7-22(28)29)12-14-25-23(24-5-2)26-19-13-16-27(17-19)21-10-8-18(3)9-11-21/h8-11,19-20H,4-7,12-17H2,1-3H3,(H2,24,25,26). The van der Waals surface area contributed by atoms with E-state index in [1.807, 2.05) is 0 Å². The maximum atomic E-state index is 12.0. The second-order valence-electron chi connectivity index (χ2n) is 8.21. The molecule has 6 heteroatoms. The first-order chi connectivity index (χ1) is 14.1. The summed E-state index contributed by atoms with van der Waals surface area (Å²) in [6, 6.07) is 9.49. The summed E-state index contributed by atoms with van der Waals surface area (Å²) in [7, 11) is 0. The molecule has 0 aliphatic carbocycles. The topological polar surface area (TPSA) is 60.0 Å². The fraction of sp³-hybridized carbons (Fsp3) is 0.652. The lowest BCUT2D eigenvalue weighted by molar-refractivity contribution is -0.129. The van der Waals surface area contributed by atoms with Gasteiger partial charge in [0.25, 0.3) is 0 Å². The molecule has 2 aliphatic heterocycles. The van der Waals surface area contributed by atoms with Gasteiger partial charge in [0.1, 0.15) is 0 Å². The molecule has 2 saturated heterocycles. The number of carbonyl (C=O) groups is 1. The van der Waals surface area contributed by atoms with E-state index >= 15 is 0 Å². The van der Waals surface area contributed by atoms with Gasteiger partial charge in [0.2, 0.25) is 5.91 Å². The Morgan fingerprint density at radius 2 is 2.03 bits per heavy atom. The molecule has 1 aromatic carbocycles. The molecule has 2 fully saturated rings. The van der Waals surface area contributed by atoms with Gasteiger partial charge in [-0.25, -0.2) is 0 Å². The van der Waals surface area contributed by atoms with E-state index < -0.39 is 0 Å². The van der Waals surface area contributed by atoms with E-state index in [9.17, 15) is 4.79 Å². The monoisotopic (exact) mass is 399 g/mol. The molecule has 0 spiro atoms. The number of hydrogen-bond donors (Lipinski definition) is 2. The van der Waals surface area contributed by atoms with E-state index in [1.54, 1.807) is 0 Å². The largest absolute Gasteiger partial charge is 0.369 e. The molecular formula is C23H37N5O. The highest BCUT2D eigenvalue weighted by Crippen LogP contribution is 2.21. The van der Waals surface area contributed by atoms with E-state index in [2.05, 4.69) is 65.5 Å². The molecule has 1 amide bonds. The molecular weight excluding hydrogens is 362 g/mol. The summed E-state index contributed by atoms with van der Waals surface area (Å²) < 4.78 is 0. The number of hydrogen-bond acceptors (Lipinski definition) is 3. The summed E-state index contributed by atoms with van der Waals surface area (Å²) in [5.41, 5.74) is 2.59. The van der Waals surface area contributed by atoms with Crippen LogP contribution in [0.4, 0.5) is 5.69 Å². The van der Waals surface area contributed by atoms with Gasteiger partial charge in [-0.2, -0.15) is 0 Å². The molecule has 29 heavy (non-hydrogen) atoms. The fourth-order valence-electron chi connectivity index (χ4n) is 4.34. The lowest BCUT2D eigenvalue weighted by atomic mass is 10.1. The number of benzene rings is 1. The lowest BCUT2D eigenvalue weighted by Gasteiger charge is -2.26. The minimum Gasteiger partial charge on any atom is -0.369 e. The number of guanidine groups is 1. The second-order valence-corrected chi connectivity index (χ2v) is 8.21. The Morgan fingerprint density at radius 1 is 1.24 bits per heavy atom. The van der Waals surface area contributed by atoms with Crippen LogP contribution >= 0.6 is 0 Å². The predicted octanol–water partition coefficient (Wildman–Crippen LogP) is 2.92. The van der Waals surface area contributed by atoms with Crippen LogP contribution in [0.3, 0.4) is 0 Å². The van der Waals surface area contributed by atoms with Crippen molar-refractivity contribution in [1.82, 2.24) is 15.5 Å². The maximum Gasteiger partial charge on any atom is 0.222 e. The number of carbonyl (C=O) groups excluding carboxylic acids is 1. The summed E-state index contributed by atoms with van der Waals surface area (Å²) in [5, 5.41) is 7.00. The van der Waals surface area contributed by atoms with Crippen molar-refractivity contribution in [3.63, 3.8) is 0 Å². The van der Waals surface area contributed by atoms with Gasteiger partial charge in [-0.05, 0) is 51.7 Å². The SMILES string of the molecule is CCNC(=NCCC(CC)N1CCCC1=O)NC1CCN(c2ccc(C)cc2)C1. The van der Waals surface area contributed by atoms with Gasteiger partial charge in [0.15, 0.2) is 5.96 Å². The van der Waals surface area contributed by atoms with Crippen LogP contribution < -0.4 is 15.5 Å². The maximum absolute atomic E-state index is 12.0. The average molecular weight is 400 g/mol. The van der Waals surface area contributed by atoms with Crippen molar-refractivity contribution in [2.24, 2.45) is 4.99 Å². The minimum absolute atomic E-state index is 0.313. The highest BCUT2D eigenvalue weighted by atomic mass is 16.2. The van der Waals surface area contributed by atoms with Crippen molar-refractivity contribution >= 4 is 17.6 Å². The third-order valence-corrected chi connectivity index (χ3v) is 6.03. The number of nitrogens with one attached hydrogen (secondary N) is 2. The molecule has 2 atom stereocenters. The van der Waals surface area contributed by atoms with Crippen molar-refractivity contribution in [3.05, 3.63) is 29.8 Å². The molecule has 160 valence electrons. The smallest absolute Gasteiger partial charge is 0.222 e. The summed E-state index contributed by atoms with van der Waals surface area (Å²) >= 11 is 0. The van der Waals surface area contributed by atoms with Crippen molar-refractivity contribution < 1.29 is 4.79 Å². The van der Waals surface area contributed by atoms with Crippen LogP contribution in [0.5, 0.6) is 0 Å². The summed E-state index contributed by atoms with van der Waals surface area (Å²) in [6.45, 7) is 11.0. The van der Waals surface area contributed by atoms with Gasteiger partial charge in [-0.3, -0.25) is 9.79 Å². The van der Waals surface area contributed by atoms with Gasteiger partial charge in [-0.15, -0.1) is 0 Å². The van der Waals surface area contributed by atoms with Crippen LogP contribution in [-0.2, 0) is 4.79 Å². The first-order valence-corrected chi connectivity index (χ1v) is 11.3. The molecule has 0 radical (unpaired) electrons. The number of likely N-dealkylation sites (tertiary alicyclic amines) is 1. The molecule has 2 heterocycles. The molecule has 6 nitrogen and oxygen atoms in total. The number of amides is 1. The molecule has 2 N–H and O–H groups in total. The van der Waals surface area contributed by atoms with Crippen LogP contribution in [0.15, 0.2) is 29.3 Å². The zero-order valence-corrected chi connectivity index (χ0v) is 18.3. The highest BCUT2D eigenvalue weighted by molar-refractivity contribution is 5.80. The van der Waals surface area contributed by atoms with Crippen LogP contribution in [-0.4, -0.2) is 61.6 Å². The van der Waals surface area contributed by atoms with Crippen molar-refractivity contribution in [2.45, 2.75) is 65.0 Å². The molecule has 0 aromatic heterocycles. The molecule has 0 saturated carbocycles. The summed E-state index contributed by atoms with van der Waals surface area (Å²) in [5.74, 6) is 1.21. The number of rotatable bonds is 8. The van der Waals surface area contributed by atoms with E-state index in [0.29, 0.717) is 24.4 Å². The number of aliphatic imine (C=N–C) groups is 1. The normalized spacial score (nSPS) is 21.0. The van der Waals surface area contributed by atoms with E-state index in [0.717, 1.165) is 64.4 Å². The van der Waals surface area contributed by atoms with Gasteiger partial charge in [0.05, 0.1) is 0 Å². The summed E-state index contributed by atoms with van der Waals surface area (Å²) in [4.78, 5) is 21.3. The zero-order chi connectivity index (χ0) is 20.6. The number of nitrogens with zero attached hydrogens (tertiary/aromatic N) is 3. The van der Waals surface area contributed by atoms with Gasteiger partial charge >= 0.3 is 0 Å². The minimum atomic E-state index is 0.313. The Morgan fingerprint density at radius 3 is 2.69 bits per heavy atom. The average Bonchev–Trinajstić information content (AvgIpc) is 3.35. The quantitative estimate of drug-likeness (QED) is 0.521. The van der Waals surface area contributed by atoms with Crippen molar-refractivity contribution in [1.29, 1.82) is 0 Å². The summed E-state index contributed by atoms with van der Waals surface area (Å²) in [6.07, 6.45) is 4.75. The third kappa shape index (κ3) is 5.87. The van der Waals surface area contributed by atoms with E-state index in [-0.39, 0.29) is 0 Å². The molecule has 3 rings (SSSR count). The second kappa shape index (κ2) is 10.5. The van der Waals surface area contributed by atoms with Gasteiger partial charge in [-0.1, -0.05) is 24.6 Å². The van der Waals surface area contributed by atoms with Crippen LogP contribution in [0.2, 0.25) is 0 Å². The molecule has 0 bridgehead atoms. The fourth-order valence-corrected chi connectivity index (χ4v) is 4.34. The molecule has 2 aliphatic rings. The van der Waals surface area contributed by atoms with E-state index in [1.165, 1.54) is 11.3 Å². The zero-order valence-electron chi connectivity index (χ0n) is 18.3. The first-order valence-electron chi connectivity index (χ1n) is 11.3. The Bertz CT molecular complexity index is 687. The Hall–Kier alpha value is -2.24. The van der Waals surface area contributed by atoms with Crippen LogP contribution in [0.1, 0.15) is 51.5 Å². The van der Waals surface area contributed by atoms with Crippen molar-refractivity contribution in [3.8, 4) is 0 Å². The number of aryl methyl sites for hydroxylation is 1. The Kier molecular flexibility index (Phi) is 7.78. The van der Waals surface area contributed by atoms with Crippen LogP contribution in [0.25, 0.3) is 0 Å². The van der Waals surface area contributed by atoms with Gasteiger partial charge < -0.3 is 20.4 Å². The van der Waals surface area contributed by atoms with Crippen molar-refractivity contribution in [2.75, 3.05) is 37.6 Å². The predicted molar refractivity (Wildman–Crippen MR) is 121 cm³/mol. The Labute approximate surface area is 175 Å². The Balaban J connectivity index is 1.51. The number of anilines is 1. The van der Waals surface area contributed by atoms with Gasteiger partial charge in [0, 0.05) is 56.9 Å². The van der Waals surface area contributed by atoms with E-state index in [4.69, 9.17) is 4.99 Å². The lowest BCUT2D eigenvalue weighted by Crippen LogP contribution is -2.45. The molecule has 1 aromatic rings. The third-order valence-electron chi connectivity index (χ3n) is 6.03.